The lowest BCUT2D eigenvalue weighted by molar-refractivity contribution is -0.134. The van der Waals surface area contributed by atoms with Crippen LogP contribution in [-0.2, 0) is 9.22 Å². The molecule has 0 fully saturated rings. The normalized spacial score (nSPS) is 11.8. The predicted octanol–water partition coefficient (Wildman–Crippen LogP) is 4.54. The van der Waals surface area contributed by atoms with Gasteiger partial charge in [-0.15, -0.1) is 0 Å². The second kappa shape index (κ2) is 12.4. The molecule has 0 bridgehead atoms. The van der Waals surface area contributed by atoms with Crippen LogP contribution in [0.4, 0.5) is 0 Å². The number of hydrogen-bond acceptors (Lipinski definition) is 2. The summed E-state index contributed by atoms with van der Waals surface area (Å²) in [5.74, 6) is 0.0132. The SMILES string of the molecule is CCCCCCCC(CCC)(CCC)CCC(=O)O[SiH3]. The minimum Gasteiger partial charge on any atom is -0.529 e. The fraction of sp³-hybridized carbons (Fsp3) is 0.941. The van der Waals surface area contributed by atoms with Crippen LogP contribution in [0, 0.1) is 5.41 Å². The topological polar surface area (TPSA) is 26.3 Å². The summed E-state index contributed by atoms with van der Waals surface area (Å²) in [5, 5.41) is 0. The highest BCUT2D eigenvalue weighted by atomic mass is 28.2. The Morgan fingerprint density at radius 2 is 1.45 bits per heavy atom. The standard InChI is InChI=1S/C17H36O2Si/c1-4-7-8-9-10-14-17(12-5-2,13-6-3)15-11-16(18)19-20/h4-15H2,1-3,20H3. The second-order valence-electron chi connectivity index (χ2n) is 6.24. The van der Waals surface area contributed by atoms with E-state index >= 15 is 0 Å². The average Bonchev–Trinajstić information content (AvgIpc) is 2.45. The van der Waals surface area contributed by atoms with Crippen molar-refractivity contribution in [3.8, 4) is 0 Å². The van der Waals surface area contributed by atoms with Crippen molar-refractivity contribution in [2.75, 3.05) is 0 Å². The van der Waals surface area contributed by atoms with Gasteiger partial charge in [0.25, 0.3) is 5.97 Å². The van der Waals surface area contributed by atoms with Gasteiger partial charge >= 0.3 is 0 Å². The van der Waals surface area contributed by atoms with E-state index in [9.17, 15) is 4.79 Å². The van der Waals surface area contributed by atoms with E-state index in [1.165, 1.54) is 64.2 Å². The Labute approximate surface area is 129 Å². The Bertz CT molecular complexity index is 235. The third-order valence-electron chi connectivity index (χ3n) is 4.46. The van der Waals surface area contributed by atoms with Crippen molar-refractivity contribution in [1.82, 2.24) is 0 Å². The van der Waals surface area contributed by atoms with Crippen LogP contribution in [0.2, 0.25) is 0 Å². The molecule has 0 spiro atoms. The van der Waals surface area contributed by atoms with Crippen LogP contribution in [0.25, 0.3) is 0 Å². The molecule has 3 heteroatoms. The first-order valence-electron chi connectivity index (χ1n) is 8.71. The predicted molar refractivity (Wildman–Crippen MR) is 90.9 cm³/mol. The monoisotopic (exact) mass is 300 g/mol. The van der Waals surface area contributed by atoms with Gasteiger partial charge in [0.15, 0.2) is 0 Å². The van der Waals surface area contributed by atoms with E-state index in [-0.39, 0.29) is 5.97 Å². The van der Waals surface area contributed by atoms with Crippen molar-refractivity contribution in [3.05, 3.63) is 0 Å². The first-order valence-corrected chi connectivity index (χ1v) is 9.52. The van der Waals surface area contributed by atoms with Gasteiger partial charge in [-0.1, -0.05) is 65.7 Å². The van der Waals surface area contributed by atoms with Crippen LogP contribution >= 0.6 is 0 Å². The summed E-state index contributed by atoms with van der Waals surface area (Å²) in [4.78, 5) is 11.5. The summed E-state index contributed by atoms with van der Waals surface area (Å²) in [6.07, 6.45) is 14.7. The summed E-state index contributed by atoms with van der Waals surface area (Å²) >= 11 is 0. The molecular weight excluding hydrogens is 264 g/mol. The van der Waals surface area contributed by atoms with Crippen LogP contribution in [0.5, 0.6) is 0 Å². The maximum atomic E-state index is 11.5. The van der Waals surface area contributed by atoms with Crippen molar-refractivity contribution in [1.29, 1.82) is 0 Å². The van der Waals surface area contributed by atoms with Crippen LogP contribution in [0.1, 0.15) is 97.8 Å². The van der Waals surface area contributed by atoms with E-state index in [0.717, 1.165) is 6.42 Å². The summed E-state index contributed by atoms with van der Waals surface area (Å²) < 4.78 is 4.96. The number of carbonyl (C=O) groups excluding carboxylic acids is 1. The average molecular weight is 301 g/mol. The molecule has 0 aromatic heterocycles. The number of hydrogen-bond donors (Lipinski definition) is 0. The van der Waals surface area contributed by atoms with Gasteiger partial charge in [0.1, 0.15) is 0 Å². The number of carbonyl (C=O) groups is 1. The maximum Gasteiger partial charge on any atom is 0.291 e. The molecule has 120 valence electrons. The van der Waals surface area contributed by atoms with Gasteiger partial charge in [0, 0.05) is 6.42 Å². The van der Waals surface area contributed by atoms with E-state index < -0.39 is 0 Å². The molecule has 0 aromatic carbocycles. The van der Waals surface area contributed by atoms with Gasteiger partial charge in [-0.25, -0.2) is 0 Å². The van der Waals surface area contributed by atoms with Crippen LogP contribution < -0.4 is 0 Å². The lowest BCUT2D eigenvalue weighted by Crippen LogP contribution is -2.22. The molecule has 2 nitrogen and oxygen atoms in total. The molecule has 0 amide bonds. The molecule has 0 radical (unpaired) electrons. The minimum atomic E-state index is 0.0132. The van der Waals surface area contributed by atoms with Crippen LogP contribution in [0.15, 0.2) is 0 Å². The summed E-state index contributed by atoms with van der Waals surface area (Å²) in [5.41, 5.74) is 0.394. The smallest absolute Gasteiger partial charge is 0.291 e. The van der Waals surface area contributed by atoms with Gasteiger partial charge in [-0.2, -0.15) is 0 Å². The fourth-order valence-corrected chi connectivity index (χ4v) is 3.59. The Morgan fingerprint density at radius 3 is 1.95 bits per heavy atom. The molecule has 0 aliphatic carbocycles. The number of rotatable bonds is 13. The molecule has 0 rings (SSSR count). The van der Waals surface area contributed by atoms with Crippen molar-refractivity contribution in [3.63, 3.8) is 0 Å². The lowest BCUT2D eigenvalue weighted by atomic mass is 9.72. The van der Waals surface area contributed by atoms with E-state index in [4.69, 9.17) is 4.43 Å². The van der Waals surface area contributed by atoms with Gasteiger partial charge in [0.2, 0.25) is 10.5 Å². The van der Waals surface area contributed by atoms with E-state index in [2.05, 4.69) is 20.8 Å². The molecule has 0 saturated carbocycles. The molecule has 0 aliphatic rings. The largest absolute Gasteiger partial charge is 0.529 e. The van der Waals surface area contributed by atoms with Crippen molar-refractivity contribution >= 4 is 16.5 Å². The van der Waals surface area contributed by atoms with E-state index in [0.29, 0.717) is 22.3 Å². The molecule has 0 heterocycles. The lowest BCUT2D eigenvalue weighted by Gasteiger charge is -2.34. The summed E-state index contributed by atoms with van der Waals surface area (Å²) in [7, 11) is 0.533. The first-order chi connectivity index (χ1) is 9.64. The van der Waals surface area contributed by atoms with E-state index in [1.54, 1.807) is 0 Å². The van der Waals surface area contributed by atoms with Crippen LogP contribution in [0.3, 0.4) is 0 Å². The zero-order chi connectivity index (χ0) is 15.3. The van der Waals surface area contributed by atoms with Gasteiger partial charge in [-0.3, -0.25) is 4.79 Å². The van der Waals surface area contributed by atoms with Gasteiger partial charge in [-0.05, 0) is 31.1 Å². The second-order valence-corrected chi connectivity index (χ2v) is 6.65. The number of unbranched alkanes of at least 4 members (excludes halogenated alkanes) is 4. The maximum absolute atomic E-state index is 11.5. The van der Waals surface area contributed by atoms with Gasteiger partial charge < -0.3 is 4.43 Å². The molecule has 0 N–H and O–H groups in total. The van der Waals surface area contributed by atoms with E-state index in [1.807, 2.05) is 0 Å². The summed E-state index contributed by atoms with van der Waals surface area (Å²) in [6, 6.07) is 0. The van der Waals surface area contributed by atoms with Crippen molar-refractivity contribution < 1.29 is 9.22 Å². The third kappa shape index (κ3) is 8.78. The molecular formula is C17H36O2Si. The van der Waals surface area contributed by atoms with Gasteiger partial charge in [0.05, 0.1) is 0 Å². The molecule has 0 saturated heterocycles. The molecule has 0 aromatic rings. The quantitative estimate of drug-likeness (QED) is 0.369. The minimum absolute atomic E-state index is 0.0132. The van der Waals surface area contributed by atoms with Crippen molar-refractivity contribution in [2.24, 2.45) is 5.41 Å². The molecule has 0 unspecified atom stereocenters. The highest BCUT2D eigenvalue weighted by molar-refractivity contribution is 6.05. The zero-order valence-corrected chi connectivity index (χ0v) is 16.3. The summed E-state index contributed by atoms with van der Waals surface area (Å²) in [6.45, 7) is 6.80. The Balaban J connectivity index is 4.36. The third-order valence-corrected chi connectivity index (χ3v) is 4.91. The Hall–Kier alpha value is -0.313. The molecule has 0 aliphatic heterocycles. The highest BCUT2D eigenvalue weighted by Gasteiger charge is 2.28. The molecule has 0 atom stereocenters. The Kier molecular flexibility index (Phi) is 12.2. The Morgan fingerprint density at radius 1 is 0.850 bits per heavy atom. The first kappa shape index (κ1) is 19.7. The highest BCUT2D eigenvalue weighted by Crippen LogP contribution is 2.40. The van der Waals surface area contributed by atoms with Crippen LogP contribution in [-0.4, -0.2) is 16.5 Å². The van der Waals surface area contributed by atoms with Crippen molar-refractivity contribution in [2.45, 2.75) is 97.8 Å². The zero-order valence-electron chi connectivity index (χ0n) is 14.3. The molecule has 20 heavy (non-hydrogen) atoms. The fourth-order valence-electron chi connectivity index (χ4n) is 3.38.